The molecule has 2 aromatic rings. The quantitative estimate of drug-likeness (QED) is 0.281. The number of hydrogen-bond acceptors (Lipinski definition) is 4. The predicted molar refractivity (Wildman–Crippen MR) is 127 cm³/mol. The Hall–Kier alpha value is -2.75. The fourth-order valence-corrected chi connectivity index (χ4v) is 5.35. The number of carbonyl (C=O) groups excluding carboxylic acids is 2. The van der Waals surface area contributed by atoms with E-state index in [0.29, 0.717) is 25.0 Å². The Morgan fingerprint density at radius 3 is 1.97 bits per heavy atom. The van der Waals surface area contributed by atoms with Gasteiger partial charge in [-0.2, -0.15) is 0 Å². The predicted octanol–water partition coefficient (Wildman–Crippen LogP) is 5.98. The van der Waals surface area contributed by atoms with Crippen molar-refractivity contribution < 1.29 is 14.8 Å². The Kier molecular flexibility index (Phi) is 5.60. The first-order valence-electron chi connectivity index (χ1n) is 11.6. The molecule has 4 nitrogen and oxygen atoms in total. The minimum atomic E-state index is -0.652. The molecular weight excluding hydrogens is 398 g/mol. The minimum absolute atomic E-state index is 0.000395. The maximum absolute atomic E-state index is 12.3. The summed E-state index contributed by atoms with van der Waals surface area (Å²) in [7, 11) is 0. The van der Waals surface area contributed by atoms with Crippen LogP contribution >= 0.6 is 0 Å². The molecule has 2 aromatic carbocycles. The molecule has 4 rings (SSSR count). The van der Waals surface area contributed by atoms with Crippen LogP contribution in [0.5, 0.6) is 0 Å². The summed E-state index contributed by atoms with van der Waals surface area (Å²) < 4.78 is 0. The van der Waals surface area contributed by atoms with Crippen LogP contribution in [0.3, 0.4) is 0 Å². The van der Waals surface area contributed by atoms with Gasteiger partial charge in [0.15, 0.2) is 0 Å². The molecule has 2 aliphatic rings. The summed E-state index contributed by atoms with van der Waals surface area (Å²) in [6, 6.07) is 11.8. The van der Waals surface area contributed by atoms with Crippen LogP contribution in [0.25, 0.3) is 0 Å². The van der Waals surface area contributed by atoms with Gasteiger partial charge >= 0.3 is 0 Å². The molecule has 0 radical (unpaired) electrons. The Balaban J connectivity index is 1.74. The van der Waals surface area contributed by atoms with Crippen molar-refractivity contribution >= 4 is 17.3 Å². The molecule has 1 N–H and O–H groups in total. The minimum Gasteiger partial charge on any atom is -0.410 e. The van der Waals surface area contributed by atoms with Gasteiger partial charge in [-0.05, 0) is 65.3 Å². The number of carbonyl (C=O) groups is 2. The van der Waals surface area contributed by atoms with Gasteiger partial charge in [-0.3, -0.25) is 9.59 Å². The van der Waals surface area contributed by atoms with Crippen LogP contribution < -0.4 is 0 Å². The average molecular weight is 432 g/mol. The van der Waals surface area contributed by atoms with E-state index in [9.17, 15) is 14.8 Å². The van der Waals surface area contributed by atoms with Crippen molar-refractivity contribution in [2.24, 2.45) is 5.16 Å². The van der Waals surface area contributed by atoms with Crippen LogP contribution in [0.1, 0.15) is 99.1 Å². The largest absolute Gasteiger partial charge is 0.410 e. The zero-order valence-electron chi connectivity index (χ0n) is 19.8. The smallest absolute Gasteiger partial charge is 0.147 e. The molecule has 0 unspecified atom stereocenters. The van der Waals surface area contributed by atoms with Gasteiger partial charge in [-0.1, -0.05) is 63.2 Å². The Morgan fingerprint density at radius 1 is 0.906 bits per heavy atom. The standard InChI is InChI=1S/C28H33NO3/c1-17-15-21-22(28(4,5)14-13-27(21,2)3)16-20(17)26(29-32)19-11-9-18(10-12-19)25-23(30)7-6-8-24(25)31/h9-12,15-16,25,32H,6-8,13-14H2,1-5H3/b29-26+. The Bertz CT molecular complexity index is 1090. The zero-order valence-corrected chi connectivity index (χ0v) is 19.8. The lowest BCUT2D eigenvalue weighted by Gasteiger charge is -2.42. The highest BCUT2D eigenvalue weighted by molar-refractivity contribution is 6.14. The van der Waals surface area contributed by atoms with Gasteiger partial charge in [0.25, 0.3) is 0 Å². The third-order valence-corrected chi connectivity index (χ3v) is 7.56. The summed E-state index contributed by atoms with van der Waals surface area (Å²) >= 11 is 0. The summed E-state index contributed by atoms with van der Waals surface area (Å²) in [6.45, 7) is 11.2. The molecule has 0 saturated heterocycles. The van der Waals surface area contributed by atoms with Gasteiger partial charge in [-0.25, -0.2) is 0 Å². The Labute approximate surface area is 190 Å². The van der Waals surface area contributed by atoms with Crippen molar-refractivity contribution in [3.63, 3.8) is 0 Å². The zero-order chi connectivity index (χ0) is 23.3. The Morgan fingerprint density at radius 2 is 1.44 bits per heavy atom. The van der Waals surface area contributed by atoms with Gasteiger partial charge in [0.2, 0.25) is 0 Å². The van der Waals surface area contributed by atoms with E-state index in [-0.39, 0.29) is 22.4 Å². The van der Waals surface area contributed by atoms with Gasteiger partial charge in [0.1, 0.15) is 23.2 Å². The molecule has 1 saturated carbocycles. The lowest BCUT2D eigenvalue weighted by molar-refractivity contribution is -0.131. The second kappa shape index (κ2) is 7.99. The summed E-state index contributed by atoms with van der Waals surface area (Å²) in [5.41, 5.74) is 6.84. The number of aryl methyl sites for hydroxylation is 1. The molecular formula is C28H33NO3. The maximum Gasteiger partial charge on any atom is 0.147 e. The van der Waals surface area contributed by atoms with Crippen LogP contribution in [-0.4, -0.2) is 22.5 Å². The lowest BCUT2D eigenvalue weighted by atomic mass is 9.62. The molecule has 0 spiro atoms. The summed E-state index contributed by atoms with van der Waals surface area (Å²) in [5, 5.41) is 13.7. The number of fused-ring (bicyclic) bond motifs is 1. The van der Waals surface area contributed by atoms with E-state index in [1.807, 2.05) is 24.3 Å². The van der Waals surface area contributed by atoms with Crippen molar-refractivity contribution in [2.75, 3.05) is 0 Å². The van der Waals surface area contributed by atoms with Crippen LogP contribution in [-0.2, 0) is 20.4 Å². The van der Waals surface area contributed by atoms with Crippen molar-refractivity contribution in [1.29, 1.82) is 0 Å². The number of oxime groups is 1. The number of rotatable bonds is 3. The molecule has 4 heteroatoms. The molecule has 0 bridgehead atoms. The van der Waals surface area contributed by atoms with Crippen LogP contribution in [0.15, 0.2) is 41.6 Å². The highest BCUT2D eigenvalue weighted by Gasteiger charge is 2.38. The van der Waals surface area contributed by atoms with Gasteiger partial charge in [-0.15, -0.1) is 0 Å². The van der Waals surface area contributed by atoms with Gasteiger partial charge in [0, 0.05) is 24.0 Å². The fraction of sp³-hybridized carbons (Fsp3) is 0.464. The molecule has 0 aliphatic heterocycles. The SMILES string of the molecule is Cc1cc2c(cc1/C(=N/O)c1ccc(C3C(=O)CCCC3=O)cc1)C(C)(C)CCC2(C)C. The van der Waals surface area contributed by atoms with Gasteiger partial charge < -0.3 is 5.21 Å². The van der Waals surface area contributed by atoms with Crippen LogP contribution in [0.2, 0.25) is 0 Å². The van der Waals surface area contributed by atoms with E-state index >= 15 is 0 Å². The number of Topliss-reactive ketones (excluding diaryl/α,β-unsaturated/α-hetero) is 2. The van der Waals surface area contributed by atoms with Crippen molar-refractivity contribution in [3.8, 4) is 0 Å². The summed E-state index contributed by atoms with van der Waals surface area (Å²) in [4.78, 5) is 24.6. The summed E-state index contributed by atoms with van der Waals surface area (Å²) in [5.74, 6) is -0.651. The second-order valence-electron chi connectivity index (χ2n) is 10.8. The van der Waals surface area contributed by atoms with E-state index in [0.717, 1.165) is 35.1 Å². The number of ketones is 2. The molecule has 0 amide bonds. The number of hydrogen-bond donors (Lipinski definition) is 1. The van der Waals surface area contributed by atoms with Crippen molar-refractivity contribution in [3.05, 3.63) is 69.8 Å². The van der Waals surface area contributed by atoms with E-state index < -0.39 is 5.92 Å². The van der Waals surface area contributed by atoms with E-state index in [4.69, 9.17) is 0 Å². The fourth-order valence-electron chi connectivity index (χ4n) is 5.35. The van der Waals surface area contributed by atoms with Crippen LogP contribution in [0, 0.1) is 6.92 Å². The van der Waals surface area contributed by atoms with E-state index in [1.54, 1.807) is 0 Å². The van der Waals surface area contributed by atoms with Crippen molar-refractivity contribution in [1.82, 2.24) is 0 Å². The monoisotopic (exact) mass is 431 g/mol. The van der Waals surface area contributed by atoms with Crippen molar-refractivity contribution in [2.45, 2.75) is 83.5 Å². The third-order valence-electron chi connectivity index (χ3n) is 7.56. The molecule has 168 valence electrons. The highest BCUT2D eigenvalue weighted by atomic mass is 16.4. The first-order chi connectivity index (χ1) is 15.0. The topological polar surface area (TPSA) is 66.7 Å². The normalized spacial score (nSPS) is 20.8. The molecule has 0 heterocycles. The molecule has 32 heavy (non-hydrogen) atoms. The molecule has 1 fully saturated rings. The van der Waals surface area contributed by atoms with Gasteiger partial charge in [0.05, 0.1) is 0 Å². The molecule has 0 atom stereocenters. The van der Waals surface area contributed by atoms with E-state index in [2.05, 4.69) is 51.9 Å². The van der Waals surface area contributed by atoms with Crippen LogP contribution in [0.4, 0.5) is 0 Å². The first-order valence-corrected chi connectivity index (χ1v) is 11.6. The third kappa shape index (κ3) is 3.80. The lowest BCUT2D eigenvalue weighted by Crippen LogP contribution is -2.34. The summed E-state index contributed by atoms with van der Waals surface area (Å²) in [6.07, 6.45) is 3.83. The highest BCUT2D eigenvalue weighted by Crippen LogP contribution is 2.46. The molecule has 2 aliphatic carbocycles. The first kappa shape index (κ1) is 22.4. The maximum atomic E-state index is 12.3. The molecule has 0 aromatic heterocycles. The average Bonchev–Trinajstić information content (AvgIpc) is 2.74. The van der Waals surface area contributed by atoms with E-state index in [1.165, 1.54) is 11.1 Å². The number of benzene rings is 2. The number of nitrogens with zero attached hydrogens (tertiary/aromatic N) is 1. The second-order valence-corrected chi connectivity index (χ2v) is 10.8.